The molecule has 1 aliphatic heterocycles. The Hall–Kier alpha value is -3.40. The number of hydrogen-bond donors (Lipinski definition) is 1. The lowest BCUT2D eigenvalue weighted by molar-refractivity contribution is -0.139. The van der Waals surface area contributed by atoms with Crippen molar-refractivity contribution in [2.45, 2.75) is 46.0 Å². The Bertz CT molecular complexity index is 940. The summed E-state index contributed by atoms with van der Waals surface area (Å²) in [7, 11) is 1.55. The highest BCUT2D eigenvalue weighted by Gasteiger charge is 2.37. The van der Waals surface area contributed by atoms with Gasteiger partial charge in [0.2, 0.25) is 5.88 Å². The van der Waals surface area contributed by atoms with E-state index in [1.807, 2.05) is 6.07 Å². The highest BCUT2D eigenvalue weighted by atomic mass is 16.5. The normalized spacial score (nSPS) is 15.8. The molecule has 2 rings (SSSR count). The van der Waals surface area contributed by atoms with E-state index in [2.05, 4.69) is 19.6 Å². The summed E-state index contributed by atoms with van der Waals surface area (Å²) in [6.07, 6.45) is 4.19. The molecule has 1 unspecified atom stereocenters. The summed E-state index contributed by atoms with van der Waals surface area (Å²) in [6, 6.07) is 5.74. The van der Waals surface area contributed by atoms with Crippen molar-refractivity contribution in [1.29, 1.82) is 5.26 Å². The summed E-state index contributed by atoms with van der Waals surface area (Å²) in [5, 5.41) is 9.79. The van der Waals surface area contributed by atoms with Crippen LogP contribution in [0.4, 0.5) is 0 Å². The van der Waals surface area contributed by atoms with Crippen LogP contribution in [0.15, 0.2) is 47.6 Å². The summed E-state index contributed by atoms with van der Waals surface area (Å²) in [5.74, 6) is 0.0879. The number of benzene rings is 1. The molecule has 1 heterocycles. The number of nitrogens with zero attached hydrogens (tertiary/aromatic N) is 1. The number of rotatable bonds is 10. The number of nitrogens with two attached hydrogens (primary N) is 1. The molecule has 31 heavy (non-hydrogen) atoms. The van der Waals surface area contributed by atoms with Crippen molar-refractivity contribution in [3.8, 4) is 17.6 Å². The molecule has 7 heteroatoms. The molecule has 7 nitrogen and oxygen atoms in total. The molecular weight excluding hydrogens is 396 g/mol. The number of esters is 1. The van der Waals surface area contributed by atoms with E-state index in [0.717, 1.165) is 18.4 Å². The molecule has 166 valence electrons. The van der Waals surface area contributed by atoms with Crippen molar-refractivity contribution >= 4 is 5.97 Å². The van der Waals surface area contributed by atoms with E-state index in [0.29, 0.717) is 35.8 Å². The third-order valence-electron chi connectivity index (χ3n) is 4.92. The topological polar surface area (TPSA) is 104 Å². The first-order valence-electron chi connectivity index (χ1n) is 10.3. The Labute approximate surface area is 183 Å². The maximum Gasteiger partial charge on any atom is 0.338 e. The SMILES string of the molecule is C=CCc1cc(C2C(C#N)=C(N)OC(C)=C2C(=O)OCC)cc(OC)c1OCCCC. The molecule has 0 amide bonds. The van der Waals surface area contributed by atoms with Crippen LogP contribution in [0.2, 0.25) is 0 Å². The third kappa shape index (κ3) is 5.21. The number of carbonyl (C=O) groups excluding carboxylic acids is 1. The van der Waals surface area contributed by atoms with Crippen molar-refractivity contribution in [2.75, 3.05) is 20.3 Å². The van der Waals surface area contributed by atoms with Gasteiger partial charge < -0.3 is 24.7 Å². The molecule has 1 atom stereocenters. The first kappa shape index (κ1) is 23.9. The van der Waals surface area contributed by atoms with Gasteiger partial charge in [-0.2, -0.15) is 5.26 Å². The van der Waals surface area contributed by atoms with Gasteiger partial charge in [0, 0.05) is 5.56 Å². The molecule has 1 aromatic carbocycles. The summed E-state index contributed by atoms with van der Waals surface area (Å²) < 4.78 is 22.3. The molecule has 0 saturated heterocycles. The van der Waals surface area contributed by atoms with E-state index in [9.17, 15) is 10.1 Å². The van der Waals surface area contributed by atoms with Crippen LogP contribution in [0, 0.1) is 11.3 Å². The molecule has 0 aromatic heterocycles. The van der Waals surface area contributed by atoms with E-state index in [1.54, 1.807) is 33.1 Å². The Morgan fingerprint density at radius 2 is 2.13 bits per heavy atom. The second-order valence-corrected chi connectivity index (χ2v) is 7.02. The van der Waals surface area contributed by atoms with Gasteiger partial charge in [0.1, 0.15) is 17.4 Å². The first-order chi connectivity index (χ1) is 14.9. The van der Waals surface area contributed by atoms with Crippen molar-refractivity contribution in [2.24, 2.45) is 5.73 Å². The average molecular weight is 427 g/mol. The number of nitriles is 1. The van der Waals surface area contributed by atoms with Gasteiger partial charge in [-0.1, -0.05) is 25.5 Å². The molecule has 0 fully saturated rings. The second kappa shape index (κ2) is 11.1. The van der Waals surface area contributed by atoms with Crippen molar-refractivity contribution < 1.29 is 23.7 Å². The number of methoxy groups -OCH3 is 1. The fourth-order valence-electron chi connectivity index (χ4n) is 3.48. The van der Waals surface area contributed by atoms with Gasteiger partial charge in [0.05, 0.1) is 31.8 Å². The zero-order chi connectivity index (χ0) is 23.0. The van der Waals surface area contributed by atoms with Crippen LogP contribution in [-0.2, 0) is 20.7 Å². The van der Waals surface area contributed by atoms with Gasteiger partial charge >= 0.3 is 5.97 Å². The zero-order valence-corrected chi connectivity index (χ0v) is 18.6. The molecule has 0 radical (unpaired) electrons. The number of unbranched alkanes of at least 4 members (excludes halogenated alkanes) is 1. The summed E-state index contributed by atoms with van der Waals surface area (Å²) in [4.78, 5) is 12.8. The van der Waals surface area contributed by atoms with Crippen LogP contribution in [0.1, 0.15) is 50.7 Å². The van der Waals surface area contributed by atoms with Crippen LogP contribution in [0.3, 0.4) is 0 Å². The van der Waals surface area contributed by atoms with Gasteiger partial charge in [-0.25, -0.2) is 4.79 Å². The Kier molecular flexibility index (Phi) is 8.56. The van der Waals surface area contributed by atoms with Gasteiger partial charge in [-0.15, -0.1) is 6.58 Å². The Morgan fingerprint density at radius 1 is 1.39 bits per heavy atom. The minimum atomic E-state index is -0.750. The van der Waals surface area contributed by atoms with E-state index < -0.39 is 11.9 Å². The number of carbonyl (C=O) groups is 1. The third-order valence-corrected chi connectivity index (χ3v) is 4.92. The molecule has 1 aromatic rings. The quantitative estimate of drug-likeness (QED) is 0.339. The fourth-order valence-corrected chi connectivity index (χ4v) is 3.48. The van der Waals surface area contributed by atoms with Gasteiger partial charge in [-0.3, -0.25) is 0 Å². The van der Waals surface area contributed by atoms with E-state index in [4.69, 9.17) is 24.7 Å². The minimum absolute atomic E-state index is 0.0365. The molecule has 0 aliphatic carbocycles. The molecule has 2 N–H and O–H groups in total. The van der Waals surface area contributed by atoms with Crippen LogP contribution < -0.4 is 15.2 Å². The van der Waals surface area contributed by atoms with Crippen molar-refractivity contribution in [3.63, 3.8) is 0 Å². The van der Waals surface area contributed by atoms with Crippen LogP contribution >= 0.6 is 0 Å². The van der Waals surface area contributed by atoms with Crippen molar-refractivity contribution in [1.82, 2.24) is 0 Å². The smallest absolute Gasteiger partial charge is 0.338 e. The van der Waals surface area contributed by atoms with E-state index in [1.165, 1.54) is 0 Å². The molecule has 0 bridgehead atoms. The lowest BCUT2D eigenvalue weighted by Crippen LogP contribution is -2.25. The van der Waals surface area contributed by atoms with Gasteiger partial charge in [-0.05, 0) is 38.3 Å². The zero-order valence-electron chi connectivity index (χ0n) is 18.6. The molecule has 0 spiro atoms. The van der Waals surface area contributed by atoms with Crippen LogP contribution in [0.25, 0.3) is 0 Å². The van der Waals surface area contributed by atoms with E-state index >= 15 is 0 Å². The summed E-state index contributed by atoms with van der Waals surface area (Å²) in [6.45, 7) is 10.0. The highest BCUT2D eigenvalue weighted by molar-refractivity contribution is 5.92. The lowest BCUT2D eigenvalue weighted by atomic mass is 9.82. The monoisotopic (exact) mass is 426 g/mol. The van der Waals surface area contributed by atoms with E-state index in [-0.39, 0.29) is 23.6 Å². The predicted octanol–water partition coefficient (Wildman–Crippen LogP) is 4.25. The average Bonchev–Trinajstić information content (AvgIpc) is 2.74. The summed E-state index contributed by atoms with van der Waals surface area (Å²) >= 11 is 0. The number of allylic oxidation sites excluding steroid dienone is 3. The fraction of sp³-hybridized carbons (Fsp3) is 0.417. The lowest BCUT2D eigenvalue weighted by Gasteiger charge is -2.28. The minimum Gasteiger partial charge on any atom is -0.493 e. The van der Waals surface area contributed by atoms with Gasteiger partial charge in [0.25, 0.3) is 0 Å². The molecule has 1 aliphatic rings. The highest BCUT2D eigenvalue weighted by Crippen LogP contribution is 2.43. The van der Waals surface area contributed by atoms with Crippen LogP contribution in [-0.4, -0.2) is 26.3 Å². The summed E-state index contributed by atoms with van der Waals surface area (Å²) in [5.41, 5.74) is 7.86. The number of hydrogen-bond acceptors (Lipinski definition) is 7. The largest absolute Gasteiger partial charge is 0.493 e. The Balaban J connectivity index is 2.69. The maximum atomic E-state index is 12.8. The van der Waals surface area contributed by atoms with Crippen molar-refractivity contribution in [3.05, 3.63) is 58.7 Å². The predicted molar refractivity (Wildman–Crippen MR) is 117 cm³/mol. The van der Waals surface area contributed by atoms with Crippen LogP contribution in [0.5, 0.6) is 11.5 Å². The standard InChI is InChI=1S/C24H30N2O5/c1-6-9-11-30-22-16(10-7-2)12-17(13-19(22)28-5)21-18(14-25)23(26)31-15(4)20(21)24(27)29-8-3/h7,12-13,21H,2,6,8-11,26H2,1,3-5H3. The first-order valence-corrected chi connectivity index (χ1v) is 10.3. The maximum absolute atomic E-state index is 12.8. The second-order valence-electron chi connectivity index (χ2n) is 7.02. The number of ether oxygens (including phenoxy) is 4. The Morgan fingerprint density at radius 3 is 2.71 bits per heavy atom. The molecule has 0 saturated carbocycles. The van der Waals surface area contributed by atoms with Gasteiger partial charge in [0.15, 0.2) is 11.5 Å². The molecular formula is C24H30N2O5.